The predicted octanol–water partition coefficient (Wildman–Crippen LogP) is 3.69. The molecule has 1 fully saturated rings. The van der Waals surface area contributed by atoms with Crippen LogP contribution in [0.5, 0.6) is 0 Å². The van der Waals surface area contributed by atoms with E-state index in [0.29, 0.717) is 24.9 Å². The molecule has 0 aromatic heterocycles. The SMILES string of the molecule is CCCCCCCC(=O)OC[C@H]1CCCC[C@@H]1CO. The fourth-order valence-corrected chi connectivity index (χ4v) is 2.89. The second-order valence-electron chi connectivity index (χ2n) is 5.83. The molecular weight excluding hydrogens is 240 g/mol. The summed E-state index contributed by atoms with van der Waals surface area (Å²) in [6.45, 7) is 2.94. The van der Waals surface area contributed by atoms with Crippen LogP contribution in [0.3, 0.4) is 0 Å². The van der Waals surface area contributed by atoms with Crippen molar-refractivity contribution in [2.75, 3.05) is 13.2 Å². The molecule has 1 saturated carbocycles. The van der Waals surface area contributed by atoms with Gasteiger partial charge < -0.3 is 9.84 Å². The van der Waals surface area contributed by atoms with Crippen LogP contribution in [-0.2, 0) is 9.53 Å². The first-order valence-electron chi connectivity index (χ1n) is 8.04. The van der Waals surface area contributed by atoms with Gasteiger partial charge in [0.05, 0.1) is 6.61 Å². The standard InChI is InChI=1S/C16H30O3/c1-2-3-4-5-6-11-16(18)19-13-15-10-8-7-9-14(15)12-17/h14-15,17H,2-13H2,1H3/t14-,15-/m1/s1. The van der Waals surface area contributed by atoms with Crippen molar-refractivity contribution in [3.8, 4) is 0 Å². The summed E-state index contributed by atoms with van der Waals surface area (Å²) < 4.78 is 5.37. The third-order valence-electron chi connectivity index (χ3n) is 4.24. The van der Waals surface area contributed by atoms with Crippen molar-refractivity contribution in [3.63, 3.8) is 0 Å². The van der Waals surface area contributed by atoms with Crippen molar-refractivity contribution in [3.05, 3.63) is 0 Å². The zero-order valence-electron chi connectivity index (χ0n) is 12.4. The molecule has 1 aliphatic rings. The van der Waals surface area contributed by atoms with E-state index in [2.05, 4.69) is 6.92 Å². The van der Waals surface area contributed by atoms with Crippen LogP contribution >= 0.6 is 0 Å². The van der Waals surface area contributed by atoms with E-state index in [1.807, 2.05) is 0 Å². The molecule has 19 heavy (non-hydrogen) atoms. The molecule has 1 aliphatic carbocycles. The smallest absolute Gasteiger partial charge is 0.305 e. The number of hydrogen-bond donors (Lipinski definition) is 1. The second-order valence-corrected chi connectivity index (χ2v) is 5.83. The topological polar surface area (TPSA) is 46.5 Å². The average molecular weight is 270 g/mol. The fourth-order valence-electron chi connectivity index (χ4n) is 2.89. The van der Waals surface area contributed by atoms with E-state index in [1.165, 1.54) is 32.1 Å². The molecule has 112 valence electrons. The van der Waals surface area contributed by atoms with Crippen molar-refractivity contribution < 1.29 is 14.6 Å². The van der Waals surface area contributed by atoms with Gasteiger partial charge in [-0.25, -0.2) is 0 Å². The van der Waals surface area contributed by atoms with Crippen molar-refractivity contribution >= 4 is 5.97 Å². The molecule has 0 radical (unpaired) electrons. The summed E-state index contributed by atoms with van der Waals surface area (Å²) in [5.74, 6) is 0.660. The van der Waals surface area contributed by atoms with Gasteiger partial charge in [0.25, 0.3) is 0 Å². The summed E-state index contributed by atoms with van der Waals surface area (Å²) in [7, 11) is 0. The van der Waals surface area contributed by atoms with Gasteiger partial charge in [-0.2, -0.15) is 0 Å². The van der Waals surface area contributed by atoms with Crippen molar-refractivity contribution in [1.82, 2.24) is 0 Å². The van der Waals surface area contributed by atoms with Gasteiger partial charge in [0.2, 0.25) is 0 Å². The molecule has 1 rings (SSSR count). The zero-order chi connectivity index (χ0) is 13.9. The Labute approximate surface area is 117 Å². The Balaban J connectivity index is 2.08. The highest BCUT2D eigenvalue weighted by Crippen LogP contribution is 2.29. The lowest BCUT2D eigenvalue weighted by Crippen LogP contribution is -2.27. The van der Waals surface area contributed by atoms with Gasteiger partial charge in [-0.3, -0.25) is 4.79 Å². The first-order chi connectivity index (χ1) is 9.27. The van der Waals surface area contributed by atoms with Crippen LogP contribution in [0.2, 0.25) is 0 Å². The minimum absolute atomic E-state index is 0.0567. The Morgan fingerprint density at radius 1 is 1.11 bits per heavy atom. The van der Waals surface area contributed by atoms with E-state index in [0.717, 1.165) is 25.7 Å². The van der Waals surface area contributed by atoms with Gasteiger partial charge >= 0.3 is 5.97 Å². The van der Waals surface area contributed by atoms with Crippen molar-refractivity contribution in [1.29, 1.82) is 0 Å². The van der Waals surface area contributed by atoms with E-state index >= 15 is 0 Å². The van der Waals surface area contributed by atoms with Gasteiger partial charge in [-0.1, -0.05) is 45.4 Å². The largest absolute Gasteiger partial charge is 0.465 e. The monoisotopic (exact) mass is 270 g/mol. The number of esters is 1. The molecule has 3 nitrogen and oxygen atoms in total. The maximum atomic E-state index is 11.6. The maximum absolute atomic E-state index is 11.6. The van der Waals surface area contributed by atoms with E-state index < -0.39 is 0 Å². The van der Waals surface area contributed by atoms with E-state index in [-0.39, 0.29) is 12.6 Å². The Morgan fingerprint density at radius 2 is 1.79 bits per heavy atom. The molecule has 0 amide bonds. The molecule has 0 aliphatic heterocycles. The summed E-state index contributed by atoms with van der Waals surface area (Å²) in [5.41, 5.74) is 0. The highest BCUT2D eigenvalue weighted by Gasteiger charge is 2.25. The minimum atomic E-state index is -0.0567. The predicted molar refractivity (Wildman–Crippen MR) is 76.9 cm³/mol. The third kappa shape index (κ3) is 6.95. The third-order valence-corrected chi connectivity index (χ3v) is 4.24. The van der Waals surface area contributed by atoms with Crippen LogP contribution in [0.25, 0.3) is 0 Å². The minimum Gasteiger partial charge on any atom is -0.465 e. The Kier molecular flexibility index (Phi) is 8.89. The van der Waals surface area contributed by atoms with Crippen molar-refractivity contribution in [2.45, 2.75) is 71.1 Å². The first-order valence-corrected chi connectivity index (χ1v) is 8.04. The number of carbonyl (C=O) groups is 1. The van der Waals surface area contributed by atoms with Gasteiger partial charge in [-0.15, -0.1) is 0 Å². The lowest BCUT2D eigenvalue weighted by molar-refractivity contribution is -0.146. The zero-order valence-corrected chi connectivity index (χ0v) is 12.4. The number of unbranched alkanes of at least 4 members (excludes halogenated alkanes) is 4. The van der Waals surface area contributed by atoms with E-state index in [4.69, 9.17) is 4.74 Å². The molecule has 0 heterocycles. The summed E-state index contributed by atoms with van der Waals surface area (Å²) in [5, 5.41) is 9.31. The summed E-state index contributed by atoms with van der Waals surface area (Å²) in [6, 6.07) is 0. The average Bonchev–Trinajstić information content (AvgIpc) is 2.45. The van der Waals surface area contributed by atoms with Crippen LogP contribution in [-0.4, -0.2) is 24.3 Å². The fraction of sp³-hybridized carbons (Fsp3) is 0.938. The number of hydrogen-bond acceptors (Lipinski definition) is 3. The summed E-state index contributed by atoms with van der Waals surface area (Å²) in [4.78, 5) is 11.6. The molecule has 0 spiro atoms. The van der Waals surface area contributed by atoms with Crippen LogP contribution < -0.4 is 0 Å². The molecule has 1 N–H and O–H groups in total. The lowest BCUT2D eigenvalue weighted by Gasteiger charge is -2.29. The van der Waals surface area contributed by atoms with Gasteiger partial charge in [0.15, 0.2) is 0 Å². The molecule has 3 heteroatoms. The highest BCUT2D eigenvalue weighted by atomic mass is 16.5. The number of aliphatic hydroxyl groups excluding tert-OH is 1. The van der Waals surface area contributed by atoms with Crippen LogP contribution in [0, 0.1) is 11.8 Å². The summed E-state index contributed by atoms with van der Waals surface area (Å²) in [6.07, 6.45) is 10.9. The number of carbonyl (C=O) groups excluding carboxylic acids is 1. The highest BCUT2D eigenvalue weighted by molar-refractivity contribution is 5.69. The van der Waals surface area contributed by atoms with E-state index in [9.17, 15) is 9.90 Å². The van der Waals surface area contributed by atoms with Crippen molar-refractivity contribution in [2.24, 2.45) is 11.8 Å². The van der Waals surface area contributed by atoms with Crippen LogP contribution in [0.1, 0.15) is 71.1 Å². The first kappa shape index (κ1) is 16.5. The molecular formula is C16H30O3. The number of rotatable bonds is 9. The van der Waals surface area contributed by atoms with Crippen LogP contribution in [0.4, 0.5) is 0 Å². The number of aliphatic hydroxyl groups is 1. The summed E-state index contributed by atoms with van der Waals surface area (Å²) >= 11 is 0. The van der Waals surface area contributed by atoms with Gasteiger partial charge in [0, 0.05) is 13.0 Å². The maximum Gasteiger partial charge on any atom is 0.305 e. The van der Waals surface area contributed by atoms with E-state index in [1.54, 1.807) is 0 Å². The van der Waals surface area contributed by atoms with Crippen LogP contribution in [0.15, 0.2) is 0 Å². The number of ether oxygens (including phenoxy) is 1. The molecule has 0 aromatic carbocycles. The quantitative estimate of drug-likeness (QED) is 0.513. The second kappa shape index (κ2) is 10.2. The Morgan fingerprint density at radius 3 is 2.47 bits per heavy atom. The lowest BCUT2D eigenvalue weighted by atomic mass is 9.80. The molecule has 0 saturated heterocycles. The molecule has 2 atom stereocenters. The van der Waals surface area contributed by atoms with Gasteiger partial charge in [-0.05, 0) is 31.1 Å². The van der Waals surface area contributed by atoms with Gasteiger partial charge in [0.1, 0.15) is 0 Å². The Hall–Kier alpha value is -0.570. The molecule has 0 aromatic rings. The normalized spacial score (nSPS) is 23.3. The Bertz CT molecular complexity index is 240. The molecule has 0 unspecified atom stereocenters. The molecule has 0 bridgehead atoms.